The van der Waals surface area contributed by atoms with Crippen molar-refractivity contribution in [3.63, 3.8) is 0 Å². The first kappa shape index (κ1) is 29.1. The van der Waals surface area contributed by atoms with Crippen molar-refractivity contribution in [3.8, 4) is 22.6 Å². The third-order valence-electron chi connectivity index (χ3n) is 8.76. The maximum Gasteiger partial charge on any atom is 0.273 e. The number of aryl methyl sites for hydroxylation is 1. The zero-order valence-electron chi connectivity index (χ0n) is 23.6. The molecule has 0 spiro atoms. The van der Waals surface area contributed by atoms with Crippen molar-refractivity contribution in [1.29, 1.82) is 0 Å². The van der Waals surface area contributed by atoms with Crippen molar-refractivity contribution in [1.82, 2.24) is 4.57 Å². The molecule has 2 aliphatic carbocycles. The van der Waals surface area contributed by atoms with Crippen molar-refractivity contribution in [3.05, 3.63) is 64.3 Å². The van der Waals surface area contributed by atoms with Crippen LogP contribution in [0.25, 0.3) is 11.1 Å². The molecule has 2 saturated carbocycles. The number of benzene rings is 2. The number of amides is 1. The summed E-state index contributed by atoms with van der Waals surface area (Å²) in [6.45, 7) is 2.08. The number of ether oxygens (including phenoxy) is 1. The molecule has 228 valence electrons. The number of halogens is 1. The van der Waals surface area contributed by atoms with Gasteiger partial charge < -0.3 is 30.2 Å². The molecule has 0 saturated heterocycles. The Kier molecular flexibility index (Phi) is 7.43. The average Bonchev–Trinajstić information content (AvgIpc) is 3.70. The molecule has 43 heavy (non-hydrogen) atoms. The summed E-state index contributed by atoms with van der Waals surface area (Å²) in [6.07, 6.45) is 1.50. The molecule has 5 atom stereocenters. The number of aliphatic hydroxyl groups is 2. The van der Waals surface area contributed by atoms with Gasteiger partial charge in [-0.1, -0.05) is 0 Å². The second-order valence-electron chi connectivity index (χ2n) is 11.4. The summed E-state index contributed by atoms with van der Waals surface area (Å²) >= 11 is 0. The quantitative estimate of drug-likeness (QED) is 0.260. The highest BCUT2D eigenvalue weighted by Crippen LogP contribution is 2.49. The van der Waals surface area contributed by atoms with Crippen LogP contribution in [0.1, 0.15) is 25.3 Å². The Hall–Kier alpha value is -3.94. The van der Waals surface area contributed by atoms with Crippen LogP contribution in [0.2, 0.25) is 0 Å². The minimum absolute atomic E-state index is 0.120. The molecule has 2 bridgehead atoms. The Labute approximate surface area is 247 Å². The molecule has 11 nitrogen and oxygen atoms in total. The Morgan fingerprint density at radius 3 is 2.53 bits per heavy atom. The summed E-state index contributed by atoms with van der Waals surface area (Å²) in [5.41, 5.74) is 2.61. The first-order chi connectivity index (χ1) is 20.5. The molecular formula is C30H33FN4O7S. The lowest BCUT2D eigenvalue weighted by atomic mass is 9.84. The first-order valence-corrected chi connectivity index (χ1v) is 15.9. The van der Waals surface area contributed by atoms with Gasteiger partial charge in [-0.15, -0.1) is 0 Å². The standard InChI is InChI=1S/C30H33FN4O7S/c1-3-43(40,41)34-17-5-6-24(19(12-17)22-14-35(2)30(39)26-18(22)8-9-32-26)42-25-7-4-16(13-23(25)31)33-29(38)21-11-15-10-20(21)28(37)27(15)36/h4-7,12-15,20-21,27-28,32,34,36-37H,3,8-11H2,1-2H3,(H,33,38)/t15-,20+,21-,27?,28+/m0/s1. The minimum atomic E-state index is -3.59. The normalized spacial score (nSPS) is 24.0. The van der Waals surface area contributed by atoms with Crippen molar-refractivity contribution in [2.75, 3.05) is 27.7 Å². The predicted molar refractivity (Wildman–Crippen MR) is 159 cm³/mol. The van der Waals surface area contributed by atoms with Crippen LogP contribution in [0.3, 0.4) is 0 Å². The fourth-order valence-corrected chi connectivity index (χ4v) is 7.15. The van der Waals surface area contributed by atoms with Crippen LogP contribution in [0.5, 0.6) is 11.5 Å². The van der Waals surface area contributed by atoms with Crippen LogP contribution >= 0.6 is 0 Å². The minimum Gasteiger partial charge on any atom is -0.454 e. The molecule has 2 aromatic carbocycles. The third-order valence-corrected chi connectivity index (χ3v) is 10.1. The number of rotatable bonds is 8. The molecule has 3 aromatic rings. The van der Waals surface area contributed by atoms with Gasteiger partial charge in [0, 0.05) is 54.3 Å². The van der Waals surface area contributed by atoms with E-state index in [1.807, 2.05) is 0 Å². The monoisotopic (exact) mass is 612 g/mol. The van der Waals surface area contributed by atoms with E-state index >= 15 is 4.39 Å². The zero-order chi connectivity index (χ0) is 30.6. The molecule has 2 fully saturated rings. The molecule has 6 rings (SSSR count). The number of carbonyl (C=O) groups excluding carboxylic acids is 1. The first-order valence-electron chi connectivity index (χ1n) is 14.2. The molecule has 1 aromatic heterocycles. The average molecular weight is 613 g/mol. The molecule has 5 N–H and O–H groups in total. The van der Waals surface area contributed by atoms with Gasteiger partial charge in [0.2, 0.25) is 15.9 Å². The molecule has 0 radical (unpaired) electrons. The second-order valence-corrected chi connectivity index (χ2v) is 13.4. The van der Waals surface area contributed by atoms with Gasteiger partial charge in [0.1, 0.15) is 11.4 Å². The molecule has 1 aliphatic heterocycles. The van der Waals surface area contributed by atoms with Gasteiger partial charge >= 0.3 is 0 Å². The van der Waals surface area contributed by atoms with Crippen molar-refractivity contribution < 1.29 is 32.6 Å². The van der Waals surface area contributed by atoms with E-state index in [4.69, 9.17) is 4.74 Å². The lowest BCUT2D eigenvalue weighted by Crippen LogP contribution is -2.41. The number of carbonyl (C=O) groups is 1. The van der Waals surface area contributed by atoms with Gasteiger partial charge in [-0.25, -0.2) is 12.8 Å². The number of nitrogens with zero attached hydrogens (tertiary/aromatic N) is 1. The van der Waals surface area contributed by atoms with Gasteiger partial charge in [-0.2, -0.15) is 0 Å². The van der Waals surface area contributed by atoms with Crippen molar-refractivity contribution in [2.45, 2.75) is 38.4 Å². The van der Waals surface area contributed by atoms with E-state index in [1.54, 1.807) is 19.3 Å². The van der Waals surface area contributed by atoms with Crippen molar-refractivity contribution >= 4 is 33.0 Å². The van der Waals surface area contributed by atoms with Crippen LogP contribution in [-0.4, -0.2) is 53.6 Å². The van der Waals surface area contributed by atoms with Gasteiger partial charge in [0.25, 0.3) is 5.56 Å². The van der Waals surface area contributed by atoms with Gasteiger partial charge in [-0.3, -0.25) is 14.3 Å². The number of hydrogen-bond donors (Lipinski definition) is 5. The summed E-state index contributed by atoms with van der Waals surface area (Å²) in [6, 6.07) is 8.67. The topological polar surface area (TPSA) is 159 Å². The Balaban J connectivity index is 1.30. The summed E-state index contributed by atoms with van der Waals surface area (Å²) in [4.78, 5) is 25.6. The SMILES string of the molecule is CCS(=O)(=O)Nc1ccc(Oc2ccc(NC(=O)[C@H]3C[C@@H]4C[C@H]3[C@@H](O)C4O)cc2F)c(-c2cn(C)c(=O)c3c2CCN3)c1. The van der Waals surface area contributed by atoms with Crippen LogP contribution in [0.4, 0.5) is 21.5 Å². The van der Waals surface area contributed by atoms with E-state index < -0.39 is 34.0 Å². The van der Waals surface area contributed by atoms with E-state index in [0.717, 1.165) is 11.6 Å². The molecule has 1 amide bonds. The van der Waals surface area contributed by atoms with Crippen LogP contribution in [-0.2, 0) is 28.3 Å². The predicted octanol–water partition coefficient (Wildman–Crippen LogP) is 3.03. The van der Waals surface area contributed by atoms with E-state index in [-0.39, 0.29) is 51.9 Å². The van der Waals surface area contributed by atoms with Gasteiger partial charge in [0.05, 0.1) is 18.0 Å². The van der Waals surface area contributed by atoms with Crippen LogP contribution in [0.15, 0.2) is 47.4 Å². The number of sulfonamides is 1. The highest BCUT2D eigenvalue weighted by Gasteiger charge is 2.53. The fourth-order valence-electron chi connectivity index (χ4n) is 6.52. The molecular weight excluding hydrogens is 579 g/mol. The second kappa shape index (κ2) is 11.0. The summed E-state index contributed by atoms with van der Waals surface area (Å²) in [5.74, 6) is -2.01. The Morgan fingerprint density at radius 1 is 1.09 bits per heavy atom. The van der Waals surface area contributed by atoms with E-state index in [1.165, 1.54) is 35.8 Å². The largest absolute Gasteiger partial charge is 0.454 e. The smallest absolute Gasteiger partial charge is 0.273 e. The maximum atomic E-state index is 15.3. The van der Waals surface area contributed by atoms with Gasteiger partial charge in [-0.05, 0) is 73.9 Å². The van der Waals surface area contributed by atoms with Gasteiger partial charge in [0.15, 0.2) is 11.6 Å². The van der Waals surface area contributed by atoms with Crippen LogP contribution < -0.4 is 25.7 Å². The molecule has 1 unspecified atom stereocenters. The number of anilines is 3. The lowest BCUT2D eigenvalue weighted by molar-refractivity contribution is -0.125. The maximum absolute atomic E-state index is 15.3. The van der Waals surface area contributed by atoms with E-state index in [0.29, 0.717) is 42.6 Å². The third kappa shape index (κ3) is 5.36. The Morgan fingerprint density at radius 2 is 1.84 bits per heavy atom. The zero-order valence-corrected chi connectivity index (χ0v) is 24.4. The van der Waals surface area contributed by atoms with Crippen LogP contribution in [0, 0.1) is 23.6 Å². The summed E-state index contributed by atoms with van der Waals surface area (Å²) in [5, 5.41) is 26.0. The number of aromatic nitrogens is 1. The number of fused-ring (bicyclic) bond motifs is 3. The molecule has 13 heteroatoms. The number of aliphatic hydroxyl groups excluding tert-OH is 2. The van der Waals surface area contributed by atoms with E-state index in [2.05, 4.69) is 15.4 Å². The Bertz CT molecular complexity index is 1770. The number of pyridine rings is 1. The van der Waals surface area contributed by atoms with Crippen molar-refractivity contribution in [2.24, 2.45) is 24.8 Å². The van der Waals surface area contributed by atoms with E-state index in [9.17, 15) is 28.2 Å². The highest BCUT2D eigenvalue weighted by atomic mass is 32.2. The molecule has 3 aliphatic rings. The summed E-state index contributed by atoms with van der Waals surface area (Å²) in [7, 11) is -1.97. The molecule has 2 heterocycles. The number of nitrogens with one attached hydrogen (secondary N) is 3. The number of hydrogen-bond acceptors (Lipinski definition) is 8. The fraction of sp³-hybridized carbons (Fsp3) is 0.400. The lowest BCUT2D eigenvalue weighted by Gasteiger charge is -2.28. The summed E-state index contributed by atoms with van der Waals surface area (Å²) < 4.78 is 49.9. The highest BCUT2D eigenvalue weighted by molar-refractivity contribution is 7.92.